The van der Waals surface area contributed by atoms with Crippen LogP contribution < -0.4 is 5.32 Å². The number of carbonyl (C=O) groups excluding carboxylic acids is 1. The van der Waals surface area contributed by atoms with E-state index in [1.54, 1.807) is 7.11 Å². The zero-order chi connectivity index (χ0) is 15.0. The molecule has 0 aromatic rings. The largest absolute Gasteiger partial charge is 0.383 e. The maximum atomic E-state index is 12.9. The summed E-state index contributed by atoms with van der Waals surface area (Å²) in [4.78, 5) is 17.0. The van der Waals surface area contributed by atoms with Crippen molar-refractivity contribution < 1.29 is 9.53 Å². The predicted octanol–water partition coefficient (Wildman–Crippen LogP) is 0.945. The molecular weight excluding hydrogens is 254 g/mol. The molecule has 1 N–H and O–H groups in total. The number of carbonyl (C=O) groups is 1. The second-order valence-corrected chi connectivity index (χ2v) is 5.91. The van der Waals surface area contributed by atoms with Gasteiger partial charge in [-0.2, -0.15) is 0 Å². The van der Waals surface area contributed by atoms with Crippen LogP contribution >= 0.6 is 0 Å². The van der Waals surface area contributed by atoms with Crippen molar-refractivity contribution in [1.82, 2.24) is 15.1 Å². The van der Waals surface area contributed by atoms with Gasteiger partial charge in [0.25, 0.3) is 0 Å². The summed E-state index contributed by atoms with van der Waals surface area (Å²) >= 11 is 0. The molecule has 1 atom stereocenters. The number of methoxy groups -OCH3 is 1. The van der Waals surface area contributed by atoms with Gasteiger partial charge >= 0.3 is 0 Å². The van der Waals surface area contributed by atoms with Gasteiger partial charge < -0.3 is 19.9 Å². The molecule has 0 radical (unpaired) electrons. The summed E-state index contributed by atoms with van der Waals surface area (Å²) in [7, 11) is 5.81. The minimum Gasteiger partial charge on any atom is -0.383 e. The summed E-state index contributed by atoms with van der Waals surface area (Å²) in [5, 5.41) is 3.43. The average molecular weight is 285 g/mol. The number of amides is 1. The van der Waals surface area contributed by atoms with Gasteiger partial charge in [-0.15, -0.1) is 0 Å². The first kappa shape index (κ1) is 17.4. The maximum Gasteiger partial charge on any atom is 0.242 e. The molecule has 0 saturated carbocycles. The SMILES string of the molecule is CCC1(C(=O)N(CCCN(C)C)CCOC)CCCN1. The van der Waals surface area contributed by atoms with E-state index in [4.69, 9.17) is 4.74 Å². The summed E-state index contributed by atoms with van der Waals surface area (Å²) < 4.78 is 5.15. The van der Waals surface area contributed by atoms with Crippen LogP contribution in [-0.2, 0) is 9.53 Å². The first-order chi connectivity index (χ1) is 9.55. The molecule has 1 unspecified atom stereocenters. The van der Waals surface area contributed by atoms with Crippen molar-refractivity contribution in [3.05, 3.63) is 0 Å². The Hall–Kier alpha value is -0.650. The van der Waals surface area contributed by atoms with Gasteiger partial charge in [0, 0.05) is 20.2 Å². The molecule has 0 aromatic carbocycles. The molecule has 20 heavy (non-hydrogen) atoms. The fourth-order valence-electron chi connectivity index (χ4n) is 2.84. The zero-order valence-corrected chi connectivity index (χ0v) is 13.6. The minimum atomic E-state index is -0.328. The minimum absolute atomic E-state index is 0.258. The van der Waals surface area contributed by atoms with Gasteiger partial charge in [-0.05, 0) is 52.9 Å². The summed E-state index contributed by atoms with van der Waals surface area (Å²) in [6.45, 7) is 6.16. The van der Waals surface area contributed by atoms with Gasteiger partial charge in [-0.25, -0.2) is 0 Å². The molecule has 0 aliphatic carbocycles. The van der Waals surface area contributed by atoms with Gasteiger partial charge in [0.05, 0.1) is 12.1 Å². The van der Waals surface area contributed by atoms with Crippen molar-refractivity contribution >= 4 is 5.91 Å². The Morgan fingerprint density at radius 3 is 2.55 bits per heavy atom. The highest BCUT2D eigenvalue weighted by Gasteiger charge is 2.41. The first-order valence-electron chi connectivity index (χ1n) is 7.74. The standard InChI is InChI=1S/C15H31N3O2/c1-5-15(8-6-9-16-15)14(19)18(12-13-20-4)11-7-10-17(2)3/h16H,5-13H2,1-4H3. The van der Waals surface area contributed by atoms with Crippen LogP contribution in [0.1, 0.15) is 32.6 Å². The van der Waals surface area contributed by atoms with E-state index < -0.39 is 0 Å². The van der Waals surface area contributed by atoms with Crippen molar-refractivity contribution in [3.8, 4) is 0 Å². The molecule has 1 heterocycles. The lowest BCUT2D eigenvalue weighted by Gasteiger charge is -2.34. The number of rotatable bonds is 9. The summed E-state index contributed by atoms with van der Waals surface area (Å²) in [6.07, 6.45) is 3.92. The predicted molar refractivity (Wildman–Crippen MR) is 81.9 cm³/mol. The monoisotopic (exact) mass is 285 g/mol. The van der Waals surface area contributed by atoms with Crippen LogP contribution in [0, 0.1) is 0 Å². The van der Waals surface area contributed by atoms with E-state index in [9.17, 15) is 4.79 Å². The van der Waals surface area contributed by atoms with Crippen LogP contribution in [0.15, 0.2) is 0 Å². The van der Waals surface area contributed by atoms with Crippen molar-refractivity contribution in [3.63, 3.8) is 0 Å². The molecule has 1 saturated heterocycles. The van der Waals surface area contributed by atoms with Gasteiger partial charge in [-0.1, -0.05) is 6.92 Å². The Morgan fingerprint density at radius 2 is 2.05 bits per heavy atom. The van der Waals surface area contributed by atoms with E-state index in [2.05, 4.69) is 31.2 Å². The Labute approximate surface area is 123 Å². The summed E-state index contributed by atoms with van der Waals surface area (Å²) in [5.41, 5.74) is -0.328. The number of hydrogen-bond acceptors (Lipinski definition) is 4. The fourth-order valence-corrected chi connectivity index (χ4v) is 2.84. The number of hydrogen-bond donors (Lipinski definition) is 1. The van der Waals surface area contributed by atoms with Crippen molar-refractivity contribution in [2.75, 3.05) is 54.0 Å². The third kappa shape index (κ3) is 4.72. The lowest BCUT2D eigenvalue weighted by molar-refractivity contribution is -0.138. The maximum absolute atomic E-state index is 12.9. The lowest BCUT2D eigenvalue weighted by atomic mass is 9.92. The van der Waals surface area contributed by atoms with Crippen LogP contribution in [0.4, 0.5) is 0 Å². The quantitative estimate of drug-likeness (QED) is 0.685. The smallest absolute Gasteiger partial charge is 0.242 e. The highest BCUT2D eigenvalue weighted by Crippen LogP contribution is 2.25. The van der Waals surface area contributed by atoms with Gasteiger partial charge in [0.2, 0.25) is 5.91 Å². The second-order valence-electron chi connectivity index (χ2n) is 5.91. The molecule has 0 bridgehead atoms. The van der Waals surface area contributed by atoms with Crippen LogP contribution in [0.25, 0.3) is 0 Å². The Balaban J connectivity index is 2.62. The van der Waals surface area contributed by atoms with E-state index in [0.29, 0.717) is 13.2 Å². The van der Waals surface area contributed by atoms with Crippen LogP contribution in [0.3, 0.4) is 0 Å². The van der Waals surface area contributed by atoms with E-state index >= 15 is 0 Å². The van der Waals surface area contributed by atoms with E-state index in [1.807, 2.05) is 4.90 Å². The lowest BCUT2D eigenvalue weighted by Crippen LogP contribution is -2.55. The average Bonchev–Trinajstić information content (AvgIpc) is 2.91. The van der Waals surface area contributed by atoms with E-state index in [1.165, 1.54) is 0 Å². The van der Waals surface area contributed by atoms with Crippen molar-refractivity contribution in [1.29, 1.82) is 0 Å². The molecule has 1 aliphatic rings. The third-order valence-electron chi connectivity index (χ3n) is 4.14. The fraction of sp³-hybridized carbons (Fsp3) is 0.933. The summed E-state index contributed by atoms with van der Waals surface area (Å²) in [5.74, 6) is 0.258. The second kappa shape index (κ2) is 8.60. The topological polar surface area (TPSA) is 44.8 Å². The van der Waals surface area contributed by atoms with Crippen LogP contribution in [0.5, 0.6) is 0 Å². The van der Waals surface area contributed by atoms with Crippen LogP contribution in [0.2, 0.25) is 0 Å². The molecule has 5 heteroatoms. The van der Waals surface area contributed by atoms with E-state index in [0.717, 1.165) is 45.3 Å². The first-order valence-corrected chi connectivity index (χ1v) is 7.74. The summed E-state index contributed by atoms with van der Waals surface area (Å²) in [6, 6.07) is 0. The Bertz CT molecular complexity index is 289. The molecule has 1 amide bonds. The number of nitrogens with zero attached hydrogens (tertiary/aromatic N) is 2. The molecule has 1 fully saturated rings. The molecular formula is C15H31N3O2. The highest BCUT2D eigenvalue weighted by molar-refractivity contribution is 5.86. The molecule has 1 aliphatic heterocycles. The van der Waals surface area contributed by atoms with Gasteiger partial charge in [0.15, 0.2) is 0 Å². The number of nitrogens with one attached hydrogen (secondary N) is 1. The van der Waals surface area contributed by atoms with Crippen molar-refractivity contribution in [2.24, 2.45) is 0 Å². The Kier molecular flexibility index (Phi) is 7.48. The van der Waals surface area contributed by atoms with E-state index in [-0.39, 0.29) is 11.4 Å². The highest BCUT2D eigenvalue weighted by atomic mass is 16.5. The van der Waals surface area contributed by atoms with Crippen molar-refractivity contribution in [2.45, 2.75) is 38.1 Å². The number of ether oxygens (including phenoxy) is 1. The van der Waals surface area contributed by atoms with Crippen LogP contribution in [-0.4, -0.2) is 75.2 Å². The third-order valence-corrected chi connectivity index (χ3v) is 4.14. The molecule has 0 aromatic heterocycles. The molecule has 5 nitrogen and oxygen atoms in total. The molecule has 0 spiro atoms. The van der Waals surface area contributed by atoms with Gasteiger partial charge in [0.1, 0.15) is 0 Å². The molecule has 118 valence electrons. The zero-order valence-electron chi connectivity index (χ0n) is 13.6. The Morgan fingerprint density at radius 1 is 1.30 bits per heavy atom. The normalized spacial score (nSPS) is 22.4. The van der Waals surface area contributed by atoms with Gasteiger partial charge in [-0.3, -0.25) is 4.79 Å². The molecule has 1 rings (SSSR count).